The van der Waals surface area contributed by atoms with E-state index in [0.29, 0.717) is 0 Å². The highest BCUT2D eigenvalue weighted by Crippen LogP contribution is 2.20. The van der Waals surface area contributed by atoms with Gasteiger partial charge in [0.1, 0.15) is 0 Å². The quantitative estimate of drug-likeness (QED) is 0.701. The summed E-state index contributed by atoms with van der Waals surface area (Å²) in [6.45, 7) is 3.50. The Bertz CT molecular complexity index is 417. The summed E-state index contributed by atoms with van der Waals surface area (Å²) in [5, 5.41) is 7.28. The molecule has 0 saturated carbocycles. The van der Waals surface area contributed by atoms with Gasteiger partial charge in [-0.2, -0.15) is 0 Å². The summed E-state index contributed by atoms with van der Waals surface area (Å²) in [6, 6.07) is 18.1. The van der Waals surface area contributed by atoms with Crippen LogP contribution in [0.4, 0.5) is 0 Å². The summed E-state index contributed by atoms with van der Waals surface area (Å²) in [5.74, 6) is 0. The van der Waals surface area contributed by atoms with Gasteiger partial charge in [-0.05, 0) is 23.3 Å². The van der Waals surface area contributed by atoms with Gasteiger partial charge in [0, 0.05) is 11.6 Å². The summed E-state index contributed by atoms with van der Waals surface area (Å²) < 4.78 is 0. The van der Waals surface area contributed by atoms with E-state index < -0.39 is 0 Å². The Kier molecular flexibility index (Phi) is 4.40. The molecule has 1 nitrogen and oxygen atoms in total. The molecule has 0 saturated heterocycles. The fourth-order valence-electron chi connectivity index (χ4n) is 1.27. The number of hydrogen-bond acceptors (Lipinski definition) is 1. The van der Waals surface area contributed by atoms with Crippen molar-refractivity contribution in [3.8, 4) is 17.7 Å². The first-order valence-corrected chi connectivity index (χ1v) is 4.81. The average Bonchev–Trinajstić information content (AvgIpc) is 2.34. The molecule has 0 atom stereocenters. The van der Waals surface area contributed by atoms with Gasteiger partial charge in [0.25, 0.3) is 0 Å². The molecule has 0 aliphatic carbocycles. The minimum absolute atomic E-state index is 0.777. The van der Waals surface area contributed by atoms with Crippen LogP contribution in [0.3, 0.4) is 0 Å². The van der Waals surface area contributed by atoms with E-state index in [2.05, 4.69) is 18.7 Å². The highest BCUT2D eigenvalue weighted by Gasteiger charge is 1.94. The van der Waals surface area contributed by atoms with Crippen molar-refractivity contribution in [3.05, 3.63) is 59.6 Å². The molecular weight excluding hydrogens is 206 g/mol. The number of halogens is 1. The lowest BCUT2D eigenvalue weighted by molar-refractivity contribution is 1.58. The lowest BCUT2D eigenvalue weighted by Crippen LogP contribution is -1.74. The first-order valence-electron chi connectivity index (χ1n) is 4.43. The summed E-state index contributed by atoms with van der Waals surface area (Å²) in [4.78, 5) is 0. The third kappa shape index (κ3) is 3.12. The molecule has 0 aromatic heterocycles. The number of rotatable bonds is 1. The van der Waals surface area contributed by atoms with E-state index in [1.54, 1.807) is 0 Å². The number of hydrogen-bond donors (Lipinski definition) is 0. The van der Waals surface area contributed by atoms with E-state index in [4.69, 9.17) is 16.9 Å². The molecule has 0 heterocycles. The average molecular weight is 216 g/mol. The van der Waals surface area contributed by atoms with Gasteiger partial charge in [0.2, 0.25) is 0 Å². The molecule has 2 aromatic rings. The van der Waals surface area contributed by atoms with E-state index in [1.807, 2.05) is 42.5 Å². The molecule has 15 heavy (non-hydrogen) atoms. The summed E-state index contributed by atoms with van der Waals surface area (Å²) in [5.41, 5.74) is 2.42. The molecule has 0 bridgehead atoms. The second-order valence-electron chi connectivity index (χ2n) is 2.87. The second kappa shape index (κ2) is 5.85. The van der Waals surface area contributed by atoms with Gasteiger partial charge in [-0.3, -0.25) is 0 Å². The Labute approximate surface area is 94.6 Å². The molecule has 74 valence electrons. The maximum Gasteiger partial charge on any atom is 0.0462 e. The molecule has 0 aliphatic rings. The Hall–Kier alpha value is -1.78. The predicted octanol–water partition coefficient (Wildman–Crippen LogP) is 4.15. The lowest BCUT2D eigenvalue weighted by atomic mass is 10.1. The third-order valence-corrected chi connectivity index (χ3v) is 2.20. The lowest BCUT2D eigenvalue weighted by Gasteiger charge is -2.00. The number of nitrogens with zero attached hydrogens (tertiary/aromatic N) is 1. The highest BCUT2D eigenvalue weighted by atomic mass is 35.5. The first kappa shape index (κ1) is 11.3. The van der Waals surface area contributed by atoms with Crippen LogP contribution >= 0.6 is 11.6 Å². The van der Waals surface area contributed by atoms with Gasteiger partial charge in [0.15, 0.2) is 0 Å². The van der Waals surface area contributed by atoms with Crippen molar-refractivity contribution in [2.45, 2.75) is 0 Å². The Balaban J connectivity index is 0.000000531. The molecule has 2 heteroatoms. The fraction of sp³-hybridized carbons (Fsp3) is 0. The third-order valence-electron chi connectivity index (χ3n) is 1.95. The van der Waals surface area contributed by atoms with Crippen LogP contribution in [0.15, 0.2) is 54.6 Å². The maximum atomic E-state index is 6.50. The summed E-state index contributed by atoms with van der Waals surface area (Å²) in [7, 11) is 0. The molecule has 0 aliphatic heterocycles. The van der Waals surface area contributed by atoms with Crippen LogP contribution in [0.5, 0.6) is 0 Å². The van der Waals surface area contributed by atoms with Crippen LogP contribution in [0.25, 0.3) is 11.1 Å². The standard InChI is InChI=1S/C12H9Cl.CHN/c13-12-8-6-11(7-9-12)10-4-2-1-3-5-10;1-2/h1-9H;1H. The van der Waals surface area contributed by atoms with Gasteiger partial charge < -0.3 is 0 Å². The highest BCUT2D eigenvalue weighted by molar-refractivity contribution is 6.30. The van der Waals surface area contributed by atoms with Gasteiger partial charge in [-0.1, -0.05) is 54.1 Å². The van der Waals surface area contributed by atoms with Crippen molar-refractivity contribution < 1.29 is 0 Å². The van der Waals surface area contributed by atoms with Crippen molar-refractivity contribution in [2.75, 3.05) is 0 Å². The van der Waals surface area contributed by atoms with Crippen LogP contribution in [-0.2, 0) is 0 Å². The molecule has 0 fully saturated rings. The molecule has 0 N–H and O–H groups in total. The molecule has 2 aromatic carbocycles. The maximum absolute atomic E-state index is 6.50. The normalized spacial score (nSPS) is 8.73. The van der Waals surface area contributed by atoms with Crippen LogP contribution < -0.4 is 0 Å². The Morgan fingerprint density at radius 2 is 1.20 bits per heavy atom. The van der Waals surface area contributed by atoms with Crippen molar-refractivity contribution in [3.63, 3.8) is 0 Å². The van der Waals surface area contributed by atoms with Crippen LogP contribution in [-0.4, -0.2) is 0 Å². The molecule has 2 rings (SSSR count). The largest absolute Gasteiger partial charge is 0.202 e. The van der Waals surface area contributed by atoms with Crippen molar-refractivity contribution in [1.82, 2.24) is 0 Å². The minimum Gasteiger partial charge on any atom is -0.202 e. The minimum atomic E-state index is 0.777. The summed E-state index contributed by atoms with van der Waals surface area (Å²) in [6.07, 6.45) is 0. The van der Waals surface area contributed by atoms with E-state index in [9.17, 15) is 0 Å². The van der Waals surface area contributed by atoms with Gasteiger partial charge in [0.05, 0.1) is 0 Å². The Morgan fingerprint density at radius 1 is 0.733 bits per heavy atom. The zero-order valence-electron chi connectivity index (χ0n) is 8.10. The smallest absolute Gasteiger partial charge is 0.0462 e. The Morgan fingerprint density at radius 3 is 1.73 bits per heavy atom. The van der Waals surface area contributed by atoms with Crippen molar-refractivity contribution in [2.24, 2.45) is 0 Å². The number of nitriles is 1. The van der Waals surface area contributed by atoms with Gasteiger partial charge in [-0.25, -0.2) is 5.26 Å². The first-order chi connectivity index (χ1) is 7.36. The SMILES string of the molecule is C#N.Clc1ccc(-c2ccccc2)cc1. The number of benzene rings is 2. The summed E-state index contributed by atoms with van der Waals surface area (Å²) >= 11 is 5.80. The van der Waals surface area contributed by atoms with Crippen LogP contribution in [0.1, 0.15) is 0 Å². The predicted molar refractivity (Wildman–Crippen MR) is 63.6 cm³/mol. The van der Waals surface area contributed by atoms with Crippen LogP contribution in [0.2, 0.25) is 5.02 Å². The van der Waals surface area contributed by atoms with E-state index >= 15 is 0 Å². The molecule has 0 radical (unpaired) electrons. The van der Waals surface area contributed by atoms with Crippen molar-refractivity contribution in [1.29, 1.82) is 5.26 Å². The van der Waals surface area contributed by atoms with E-state index in [-0.39, 0.29) is 0 Å². The van der Waals surface area contributed by atoms with E-state index in [0.717, 1.165) is 5.02 Å². The van der Waals surface area contributed by atoms with Crippen molar-refractivity contribution >= 4 is 11.6 Å². The van der Waals surface area contributed by atoms with Gasteiger partial charge >= 0.3 is 0 Å². The zero-order chi connectivity index (χ0) is 11.1. The topological polar surface area (TPSA) is 23.8 Å². The zero-order valence-corrected chi connectivity index (χ0v) is 8.85. The van der Waals surface area contributed by atoms with E-state index in [1.165, 1.54) is 11.1 Å². The molecule has 0 unspecified atom stereocenters. The molecular formula is C13H10ClN. The molecule has 0 spiro atoms. The molecule has 0 amide bonds. The van der Waals surface area contributed by atoms with Crippen LogP contribution in [0, 0.1) is 11.8 Å². The van der Waals surface area contributed by atoms with Gasteiger partial charge in [-0.15, -0.1) is 0 Å². The second-order valence-corrected chi connectivity index (χ2v) is 3.31. The fourth-order valence-corrected chi connectivity index (χ4v) is 1.40. The monoisotopic (exact) mass is 215 g/mol.